The molecule has 0 aromatic heterocycles. The molecule has 0 amide bonds. The monoisotopic (exact) mass is 173 g/mol. The van der Waals surface area contributed by atoms with E-state index in [2.05, 4.69) is 0 Å². The molecule has 0 atom stereocenters. The third-order valence-electron chi connectivity index (χ3n) is 1.37. The second-order valence-electron chi connectivity index (χ2n) is 3.90. The summed E-state index contributed by atoms with van der Waals surface area (Å²) in [5, 5.41) is 19.7. The van der Waals surface area contributed by atoms with Gasteiger partial charge < -0.3 is 5.11 Å². The van der Waals surface area contributed by atoms with Crippen molar-refractivity contribution < 1.29 is 10.0 Å². The van der Waals surface area contributed by atoms with E-state index in [9.17, 15) is 15.2 Å². The summed E-state index contributed by atoms with van der Waals surface area (Å²) in [5.74, 6) is 0. The van der Waals surface area contributed by atoms with Crippen LogP contribution in [-0.4, -0.2) is 21.2 Å². The van der Waals surface area contributed by atoms with Gasteiger partial charge >= 0.3 is 0 Å². The molecule has 0 aromatic carbocycles. The predicted molar refractivity (Wildman–Crippen MR) is 46.5 cm³/mol. The summed E-state index contributed by atoms with van der Waals surface area (Å²) in [6.07, 6.45) is 2.82. The molecule has 4 heteroatoms. The maximum atomic E-state index is 10.4. The molecule has 0 aromatic rings. The minimum Gasteiger partial charge on any atom is -0.386 e. The number of nitro groups is 1. The molecule has 12 heavy (non-hydrogen) atoms. The Kier molecular flexibility index (Phi) is 2.98. The maximum Gasteiger partial charge on any atom is 0.234 e. The van der Waals surface area contributed by atoms with Crippen molar-refractivity contribution in [2.75, 3.05) is 0 Å². The van der Waals surface area contributed by atoms with Gasteiger partial charge in [0.15, 0.2) is 0 Å². The van der Waals surface area contributed by atoms with Crippen molar-refractivity contribution in [3.8, 4) is 0 Å². The van der Waals surface area contributed by atoms with E-state index >= 15 is 0 Å². The second-order valence-corrected chi connectivity index (χ2v) is 3.90. The zero-order valence-electron chi connectivity index (χ0n) is 7.87. The number of hydrogen-bond donors (Lipinski definition) is 1. The highest BCUT2D eigenvalue weighted by Crippen LogP contribution is 2.12. The summed E-state index contributed by atoms with van der Waals surface area (Å²) in [4.78, 5) is 10.0. The number of aliphatic hydroxyl groups is 1. The van der Waals surface area contributed by atoms with Crippen LogP contribution in [-0.2, 0) is 0 Å². The third-order valence-corrected chi connectivity index (χ3v) is 1.37. The molecule has 0 fully saturated rings. The smallest absolute Gasteiger partial charge is 0.234 e. The van der Waals surface area contributed by atoms with Crippen LogP contribution in [0, 0.1) is 10.1 Å². The Morgan fingerprint density at radius 2 is 1.67 bits per heavy atom. The summed E-state index contributed by atoms with van der Waals surface area (Å²) < 4.78 is 0. The molecule has 0 aliphatic rings. The lowest BCUT2D eigenvalue weighted by atomic mass is 10.0. The van der Waals surface area contributed by atoms with Crippen LogP contribution in [0.15, 0.2) is 12.2 Å². The predicted octanol–water partition coefficient (Wildman–Crippen LogP) is 1.37. The number of hydrogen-bond acceptors (Lipinski definition) is 3. The van der Waals surface area contributed by atoms with Gasteiger partial charge in [0.25, 0.3) is 0 Å². The van der Waals surface area contributed by atoms with E-state index in [0.29, 0.717) is 0 Å². The van der Waals surface area contributed by atoms with Gasteiger partial charge in [-0.25, -0.2) is 0 Å². The highest BCUT2D eigenvalue weighted by Gasteiger charge is 2.27. The molecule has 0 unspecified atom stereocenters. The van der Waals surface area contributed by atoms with Crippen LogP contribution >= 0.6 is 0 Å². The van der Waals surface area contributed by atoms with Crippen LogP contribution in [0.5, 0.6) is 0 Å². The van der Waals surface area contributed by atoms with Crippen LogP contribution in [0.1, 0.15) is 27.7 Å². The SMILES string of the molecule is CC(C)(O)/C=C/C(C)(C)[N+](=O)[O-]. The molecule has 0 aliphatic heterocycles. The molecule has 0 rings (SSSR count). The molecule has 0 aliphatic carbocycles. The summed E-state index contributed by atoms with van der Waals surface area (Å²) in [6.45, 7) is 6.10. The maximum absolute atomic E-state index is 10.4. The molecular weight excluding hydrogens is 158 g/mol. The van der Waals surface area contributed by atoms with Gasteiger partial charge in [0, 0.05) is 18.8 Å². The molecule has 0 saturated heterocycles. The Labute approximate surface area is 72.1 Å². The molecule has 0 bridgehead atoms. The highest BCUT2D eigenvalue weighted by molar-refractivity contribution is 5.03. The average Bonchev–Trinajstić information content (AvgIpc) is 1.82. The second kappa shape index (κ2) is 3.23. The van der Waals surface area contributed by atoms with Crippen LogP contribution in [0.2, 0.25) is 0 Å². The van der Waals surface area contributed by atoms with E-state index in [4.69, 9.17) is 0 Å². The van der Waals surface area contributed by atoms with Gasteiger partial charge in [-0.2, -0.15) is 0 Å². The zero-order chi connectivity index (χ0) is 9.99. The summed E-state index contributed by atoms with van der Waals surface area (Å²) in [6, 6.07) is 0. The van der Waals surface area contributed by atoms with E-state index < -0.39 is 16.1 Å². The molecular formula is C8H15NO3. The molecule has 0 radical (unpaired) electrons. The van der Waals surface area contributed by atoms with Crippen molar-refractivity contribution in [3.63, 3.8) is 0 Å². The molecule has 0 saturated carbocycles. The standard InChI is InChI=1S/C8H15NO3/c1-7(2,9(11)12)5-6-8(3,4)10/h5-6,10H,1-4H3/b6-5+. The lowest BCUT2D eigenvalue weighted by molar-refractivity contribution is -0.545. The Hall–Kier alpha value is -0.900. The summed E-state index contributed by atoms with van der Waals surface area (Å²) >= 11 is 0. The fraction of sp³-hybridized carbons (Fsp3) is 0.750. The lowest BCUT2D eigenvalue weighted by Crippen LogP contribution is -2.29. The Morgan fingerprint density at radius 1 is 1.25 bits per heavy atom. The van der Waals surface area contributed by atoms with E-state index in [-0.39, 0.29) is 0 Å². The zero-order valence-corrected chi connectivity index (χ0v) is 7.87. The van der Waals surface area contributed by atoms with E-state index in [0.717, 1.165) is 0 Å². The number of nitrogens with zero attached hydrogens (tertiary/aromatic N) is 1. The minimum absolute atomic E-state index is 0.394. The normalized spacial score (nSPS) is 13.8. The minimum atomic E-state index is -1.11. The Morgan fingerprint density at radius 3 is 1.92 bits per heavy atom. The van der Waals surface area contributed by atoms with Gasteiger partial charge in [0.2, 0.25) is 5.54 Å². The summed E-state index contributed by atoms with van der Waals surface area (Å²) in [7, 11) is 0. The van der Waals surface area contributed by atoms with Gasteiger partial charge in [-0.15, -0.1) is 0 Å². The van der Waals surface area contributed by atoms with Crippen molar-refractivity contribution in [3.05, 3.63) is 22.3 Å². The molecule has 0 spiro atoms. The topological polar surface area (TPSA) is 63.4 Å². The first-order chi connectivity index (χ1) is 5.15. The highest BCUT2D eigenvalue weighted by atomic mass is 16.6. The van der Waals surface area contributed by atoms with E-state index in [1.54, 1.807) is 13.8 Å². The quantitative estimate of drug-likeness (QED) is 0.398. The van der Waals surface area contributed by atoms with Crippen LogP contribution < -0.4 is 0 Å². The molecule has 0 heterocycles. The van der Waals surface area contributed by atoms with Crippen molar-refractivity contribution in [1.82, 2.24) is 0 Å². The van der Waals surface area contributed by atoms with E-state index in [1.165, 1.54) is 26.0 Å². The van der Waals surface area contributed by atoms with Gasteiger partial charge in [0.05, 0.1) is 5.60 Å². The largest absolute Gasteiger partial charge is 0.386 e. The van der Waals surface area contributed by atoms with Crippen LogP contribution in [0.4, 0.5) is 0 Å². The fourth-order valence-electron chi connectivity index (χ4n) is 0.469. The number of rotatable bonds is 3. The average molecular weight is 173 g/mol. The Balaban J connectivity index is 4.45. The van der Waals surface area contributed by atoms with Crippen molar-refractivity contribution in [1.29, 1.82) is 0 Å². The third kappa shape index (κ3) is 4.08. The first-order valence-corrected chi connectivity index (χ1v) is 3.72. The van der Waals surface area contributed by atoms with Gasteiger partial charge in [-0.3, -0.25) is 10.1 Å². The van der Waals surface area contributed by atoms with Gasteiger partial charge in [-0.1, -0.05) is 6.08 Å². The Bertz CT molecular complexity index is 201. The van der Waals surface area contributed by atoms with Crippen LogP contribution in [0.25, 0.3) is 0 Å². The van der Waals surface area contributed by atoms with Crippen molar-refractivity contribution in [2.45, 2.75) is 38.8 Å². The lowest BCUT2D eigenvalue weighted by Gasteiger charge is -2.14. The van der Waals surface area contributed by atoms with E-state index in [1.807, 2.05) is 0 Å². The van der Waals surface area contributed by atoms with Gasteiger partial charge in [0.1, 0.15) is 0 Å². The van der Waals surface area contributed by atoms with Crippen molar-refractivity contribution >= 4 is 0 Å². The van der Waals surface area contributed by atoms with Crippen LogP contribution in [0.3, 0.4) is 0 Å². The first kappa shape index (κ1) is 11.1. The van der Waals surface area contributed by atoms with Gasteiger partial charge in [-0.05, 0) is 19.9 Å². The van der Waals surface area contributed by atoms with Crippen molar-refractivity contribution in [2.24, 2.45) is 0 Å². The molecule has 1 N–H and O–H groups in total. The summed E-state index contributed by atoms with van der Waals surface area (Å²) in [5.41, 5.74) is -2.10. The molecule has 4 nitrogen and oxygen atoms in total. The molecule has 70 valence electrons. The first-order valence-electron chi connectivity index (χ1n) is 3.72. The fourth-order valence-corrected chi connectivity index (χ4v) is 0.469.